The number of nitrogens with one attached hydrogen (secondary N) is 3. The minimum atomic E-state index is -0.106. The summed E-state index contributed by atoms with van der Waals surface area (Å²) in [5, 5.41) is 9.36. The number of hydrogen-bond acceptors (Lipinski definition) is 10. The summed E-state index contributed by atoms with van der Waals surface area (Å²) < 4.78 is 16.6. The monoisotopic (exact) mass is 521 g/mol. The van der Waals surface area contributed by atoms with E-state index in [2.05, 4.69) is 47.9 Å². The van der Waals surface area contributed by atoms with Gasteiger partial charge in [-0.3, -0.25) is 4.79 Å². The van der Waals surface area contributed by atoms with Crippen molar-refractivity contribution in [2.45, 2.75) is 6.54 Å². The summed E-state index contributed by atoms with van der Waals surface area (Å²) in [5.41, 5.74) is 1.78. The van der Waals surface area contributed by atoms with Crippen molar-refractivity contribution < 1.29 is 19.0 Å². The predicted octanol–water partition coefficient (Wildman–Crippen LogP) is 2.20. The van der Waals surface area contributed by atoms with E-state index in [1.165, 1.54) is 0 Å². The Labute approximate surface area is 222 Å². The van der Waals surface area contributed by atoms with Gasteiger partial charge in [0.1, 0.15) is 0 Å². The van der Waals surface area contributed by atoms with Crippen LogP contribution < -0.4 is 20.9 Å². The normalized spacial score (nSPS) is 13.2. The van der Waals surface area contributed by atoms with Crippen molar-refractivity contribution in [1.29, 1.82) is 0 Å². The molecule has 1 aliphatic rings. The third kappa shape index (κ3) is 9.25. The van der Waals surface area contributed by atoms with Gasteiger partial charge in [0.25, 0.3) is 5.91 Å². The molecule has 0 radical (unpaired) electrons. The molecule has 0 bridgehead atoms. The third-order valence-corrected chi connectivity index (χ3v) is 5.68. The fraction of sp³-hybridized carbons (Fsp3) is 0.407. The molecule has 1 saturated heterocycles. The fourth-order valence-electron chi connectivity index (χ4n) is 3.69. The van der Waals surface area contributed by atoms with Crippen molar-refractivity contribution in [1.82, 2.24) is 20.3 Å². The molecule has 2 aromatic carbocycles. The standard InChI is InChI=1S/C27H35N7O4/c35-24(23-9-5-2-6-10-23)28-11-15-36-19-20-37-16-12-29-25-31-26(30-21-22-7-3-1-4-8-22)33-27(32-25)34-13-17-38-18-14-34/h1-10H,11-21H2,(H,28,35)(H2,29,30,31,32,33). The van der Waals surface area contributed by atoms with Gasteiger partial charge in [-0.25, -0.2) is 0 Å². The number of benzene rings is 2. The summed E-state index contributed by atoms with van der Waals surface area (Å²) in [6.07, 6.45) is 0. The summed E-state index contributed by atoms with van der Waals surface area (Å²) in [5.74, 6) is 1.52. The molecule has 0 unspecified atom stereocenters. The number of hydrogen-bond donors (Lipinski definition) is 3. The Bertz CT molecular complexity index is 1100. The number of amides is 1. The lowest BCUT2D eigenvalue weighted by Gasteiger charge is -2.27. The second-order valence-electron chi connectivity index (χ2n) is 8.49. The molecule has 4 rings (SSSR count). The van der Waals surface area contributed by atoms with Gasteiger partial charge in [-0.05, 0) is 17.7 Å². The molecule has 2 heterocycles. The zero-order valence-electron chi connectivity index (χ0n) is 21.5. The first-order valence-corrected chi connectivity index (χ1v) is 12.9. The first-order valence-electron chi connectivity index (χ1n) is 12.9. The first-order chi connectivity index (χ1) is 18.8. The highest BCUT2D eigenvalue weighted by Gasteiger charge is 2.16. The van der Waals surface area contributed by atoms with E-state index in [4.69, 9.17) is 14.2 Å². The van der Waals surface area contributed by atoms with Crippen LogP contribution in [0, 0.1) is 0 Å². The van der Waals surface area contributed by atoms with Crippen molar-refractivity contribution in [3.8, 4) is 0 Å². The van der Waals surface area contributed by atoms with Crippen LogP contribution in [0.2, 0.25) is 0 Å². The van der Waals surface area contributed by atoms with Crippen molar-refractivity contribution in [3.63, 3.8) is 0 Å². The number of carbonyl (C=O) groups is 1. The van der Waals surface area contributed by atoms with Gasteiger partial charge in [0.2, 0.25) is 17.8 Å². The molecule has 1 aromatic heterocycles. The van der Waals surface area contributed by atoms with E-state index in [-0.39, 0.29) is 5.91 Å². The second kappa shape index (κ2) is 15.5. The van der Waals surface area contributed by atoms with E-state index in [1.54, 1.807) is 12.1 Å². The topological polar surface area (TPSA) is 123 Å². The Kier molecular flexibility index (Phi) is 11.1. The fourth-order valence-corrected chi connectivity index (χ4v) is 3.69. The second-order valence-corrected chi connectivity index (χ2v) is 8.49. The summed E-state index contributed by atoms with van der Waals surface area (Å²) in [6, 6.07) is 19.2. The molecule has 1 amide bonds. The minimum absolute atomic E-state index is 0.106. The van der Waals surface area contributed by atoms with Gasteiger partial charge in [-0.1, -0.05) is 48.5 Å². The third-order valence-electron chi connectivity index (χ3n) is 5.68. The molecule has 0 saturated carbocycles. The molecule has 0 atom stereocenters. The zero-order valence-corrected chi connectivity index (χ0v) is 21.5. The van der Waals surface area contributed by atoms with Gasteiger partial charge in [0, 0.05) is 38.3 Å². The lowest BCUT2D eigenvalue weighted by Crippen LogP contribution is -2.37. The largest absolute Gasteiger partial charge is 0.378 e. The molecule has 1 fully saturated rings. The zero-order chi connectivity index (χ0) is 26.3. The van der Waals surface area contributed by atoms with Gasteiger partial charge in [-0.2, -0.15) is 15.0 Å². The lowest BCUT2D eigenvalue weighted by molar-refractivity contribution is 0.0519. The van der Waals surface area contributed by atoms with Crippen molar-refractivity contribution >= 4 is 23.8 Å². The average molecular weight is 522 g/mol. The van der Waals surface area contributed by atoms with Crippen LogP contribution in [-0.4, -0.2) is 86.7 Å². The Morgan fingerprint density at radius 1 is 0.789 bits per heavy atom. The summed E-state index contributed by atoms with van der Waals surface area (Å²) in [4.78, 5) is 27.8. The summed E-state index contributed by atoms with van der Waals surface area (Å²) in [7, 11) is 0. The smallest absolute Gasteiger partial charge is 0.251 e. The highest BCUT2D eigenvalue weighted by molar-refractivity contribution is 5.94. The van der Waals surface area contributed by atoms with Crippen LogP contribution >= 0.6 is 0 Å². The molecule has 3 N–H and O–H groups in total. The number of nitrogens with zero attached hydrogens (tertiary/aromatic N) is 4. The summed E-state index contributed by atoms with van der Waals surface area (Å²) in [6.45, 7) is 6.17. The molecule has 0 spiro atoms. The number of morpholine rings is 1. The van der Waals surface area contributed by atoms with E-state index in [1.807, 2.05) is 36.4 Å². The van der Waals surface area contributed by atoms with Crippen LogP contribution in [0.15, 0.2) is 60.7 Å². The maximum Gasteiger partial charge on any atom is 0.251 e. The van der Waals surface area contributed by atoms with Crippen molar-refractivity contribution in [2.24, 2.45) is 0 Å². The van der Waals surface area contributed by atoms with Gasteiger partial charge in [0.15, 0.2) is 0 Å². The maximum atomic E-state index is 12.0. The number of rotatable bonds is 15. The Morgan fingerprint density at radius 3 is 2.13 bits per heavy atom. The van der Waals surface area contributed by atoms with E-state index in [0.29, 0.717) is 82.7 Å². The first kappa shape index (κ1) is 27.2. The van der Waals surface area contributed by atoms with Crippen LogP contribution in [0.1, 0.15) is 15.9 Å². The number of carbonyl (C=O) groups excluding carboxylic acids is 1. The molecule has 1 aliphatic heterocycles. The lowest BCUT2D eigenvalue weighted by atomic mass is 10.2. The number of ether oxygens (including phenoxy) is 3. The Balaban J connectivity index is 1.15. The quantitative estimate of drug-likeness (QED) is 0.257. The van der Waals surface area contributed by atoms with Crippen LogP contribution in [0.5, 0.6) is 0 Å². The Morgan fingerprint density at radius 2 is 1.42 bits per heavy atom. The molecule has 3 aromatic rings. The van der Waals surface area contributed by atoms with E-state index < -0.39 is 0 Å². The van der Waals surface area contributed by atoms with Crippen molar-refractivity contribution in [3.05, 3.63) is 71.8 Å². The van der Waals surface area contributed by atoms with Crippen molar-refractivity contribution in [2.75, 3.05) is 81.4 Å². The minimum Gasteiger partial charge on any atom is -0.378 e. The van der Waals surface area contributed by atoms with Gasteiger partial charge < -0.3 is 35.1 Å². The van der Waals surface area contributed by atoms with Gasteiger partial charge in [-0.15, -0.1) is 0 Å². The molecular formula is C27H35N7O4. The molecular weight excluding hydrogens is 486 g/mol. The van der Waals surface area contributed by atoms with Gasteiger partial charge >= 0.3 is 0 Å². The molecule has 202 valence electrons. The SMILES string of the molecule is O=C(NCCOCCOCCNc1nc(NCc2ccccc2)nc(N2CCOCC2)n1)c1ccccc1. The van der Waals surface area contributed by atoms with E-state index in [9.17, 15) is 4.79 Å². The van der Waals surface area contributed by atoms with E-state index in [0.717, 1.165) is 18.7 Å². The van der Waals surface area contributed by atoms with Crippen LogP contribution in [0.4, 0.5) is 17.8 Å². The van der Waals surface area contributed by atoms with Crippen LogP contribution in [0.3, 0.4) is 0 Å². The summed E-state index contributed by atoms with van der Waals surface area (Å²) >= 11 is 0. The van der Waals surface area contributed by atoms with E-state index >= 15 is 0 Å². The highest BCUT2D eigenvalue weighted by Crippen LogP contribution is 2.15. The van der Waals surface area contributed by atoms with Crippen LogP contribution in [0.25, 0.3) is 0 Å². The van der Waals surface area contributed by atoms with Gasteiger partial charge in [0.05, 0.1) is 39.6 Å². The molecule has 11 nitrogen and oxygen atoms in total. The molecule has 0 aliphatic carbocycles. The maximum absolute atomic E-state index is 12.0. The predicted molar refractivity (Wildman–Crippen MR) is 146 cm³/mol. The number of aromatic nitrogens is 3. The van der Waals surface area contributed by atoms with Crippen LogP contribution in [-0.2, 0) is 20.8 Å². The molecule has 11 heteroatoms. The highest BCUT2D eigenvalue weighted by atomic mass is 16.5. The average Bonchev–Trinajstić information content (AvgIpc) is 2.98. The number of anilines is 3. The Hall–Kier alpha value is -3.80. The molecule has 38 heavy (non-hydrogen) atoms.